The van der Waals surface area contributed by atoms with Crippen molar-refractivity contribution in [3.63, 3.8) is 0 Å². The highest BCUT2D eigenvalue weighted by molar-refractivity contribution is 6.30. The Labute approximate surface area is 182 Å². The van der Waals surface area contributed by atoms with Gasteiger partial charge in [0.25, 0.3) is 5.91 Å². The van der Waals surface area contributed by atoms with Gasteiger partial charge in [-0.15, -0.1) is 5.10 Å². The van der Waals surface area contributed by atoms with Crippen LogP contribution < -0.4 is 10.7 Å². The van der Waals surface area contributed by atoms with Crippen molar-refractivity contribution in [2.24, 2.45) is 0 Å². The number of nitrogens with one attached hydrogen (secondary N) is 2. The van der Waals surface area contributed by atoms with Crippen molar-refractivity contribution in [2.75, 3.05) is 6.54 Å². The fourth-order valence-corrected chi connectivity index (χ4v) is 3.64. The largest absolute Gasteiger partial charge is 0.378 e. The molecule has 1 saturated heterocycles. The van der Waals surface area contributed by atoms with Gasteiger partial charge >= 0.3 is 0 Å². The van der Waals surface area contributed by atoms with E-state index in [-0.39, 0.29) is 12.5 Å². The van der Waals surface area contributed by atoms with E-state index in [0.717, 1.165) is 0 Å². The standard InChI is InChI=1S/C20H20ClN7O3/c21-15-6-7-16(27-12-23-25-26-27)14(10-15)11-22-19(30)17-8-9-24-28(17)20(31)18(29)13-4-2-1-3-5-13/h1-7,10,12,17-18,24,29H,8-9,11H2,(H,22,30)/t17?,18-/m1/s1. The molecule has 0 spiro atoms. The van der Waals surface area contributed by atoms with Crippen molar-refractivity contribution in [3.05, 3.63) is 71.0 Å². The fourth-order valence-electron chi connectivity index (χ4n) is 3.44. The lowest BCUT2D eigenvalue weighted by Crippen LogP contribution is -2.51. The highest BCUT2D eigenvalue weighted by atomic mass is 35.5. The first-order chi connectivity index (χ1) is 15.0. The summed E-state index contributed by atoms with van der Waals surface area (Å²) in [6.07, 6.45) is 0.511. The van der Waals surface area contributed by atoms with Gasteiger partial charge in [0.1, 0.15) is 12.4 Å². The third kappa shape index (κ3) is 4.55. The molecular weight excluding hydrogens is 422 g/mol. The fraction of sp³-hybridized carbons (Fsp3) is 0.250. The average Bonchev–Trinajstić information content (AvgIpc) is 3.49. The Bertz CT molecular complexity index is 1060. The van der Waals surface area contributed by atoms with E-state index in [1.807, 2.05) is 0 Å². The van der Waals surface area contributed by atoms with Crippen LogP contribution in [0.15, 0.2) is 54.9 Å². The molecule has 2 atom stereocenters. The minimum Gasteiger partial charge on any atom is -0.378 e. The molecule has 10 nitrogen and oxygen atoms in total. The lowest BCUT2D eigenvalue weighted by molar-refractivity contribution is -0.148. The minimum absolute atomic E-state index is 0.161. The topological polar surface area (TPSA) is 125 Å². The summed E-state index contributed by atoms with van der Waals surface area (Å²) in [6, 6.07) is 13.0. The molecule has 4 rings (SSSR count). The van der Waals surface area contributed by atoms with Gasteiger partial charge in [-0.3, -0.25) is 14.6 Å². The van der Waals surface area contributed by atoms with Gasteiger partial charge < -0.3 is 10.4 Å². The number of aliphatic hydroxyl groups excluding tert-OH is 1. The molecule has 31 heavy (non-hydrogen) atoms. The summed E-state index contributed by atoms with van der Waals surface area (Å²) in [5.74, 6) is -0.928. The van der Waals surface area contributed by atoms with Crippen LogP contribution in [0, 0.1) is 0 Å². The highest BCUT2D eigenvalue weighted by Gasteiger charge is 2.37. The van der Waals surface area contributed by atoms with Crippen LogP contribution in [0.5, 0.6) is 0 Å². The van der Waals surface area contributed by atoms with Crippen LogP contribution in [-0.4, -0.2) is 54.7 Å². The highest BCUT2D eigenvalue weighted by Crippen LogP contribution is 2.21. The molecule has 11 heteroatoms. The number of halogens is 1. The Kier molecular flexibility index (Phi) is 6.21. The predicted octanol–water partition coefficient (Wildman–Crippen LogP) is 0.771. The molecule has 1 fully saturated rings. The quantitative estimate of drug-likeness (QED) is 0.516. The van der Waals surface area contributed by atoms with Crippen LogP contribution in [0.25, 0.3) is 5.69 Å². The van der Waals surface area contributed by atoms with E-state index >= 15 is 0 Å². The van der Waals surface area contributed by atoms with Gasteiger partial charge in [-0.25, -0.2) is 10.1 Å². The molecule has 1 unspecified atom stereocenters. The summed E-state index contributed by atoms with van der Waals surface area (Å²) < 4.78 is 1.47. The summed E-state index contributed by atoms with van der Waals surface area (Å²) in [6.45, 7) is 0.604. The molecule has 0 saturated carbocycles. The van der Waals surface area contributed by atoms with E-state index in [2.05, 4.69) is 26.3 Å². The molecule has 3 N–H and O–H groups in total. The Morgan fingerprint density at radius 2 is 2.06 bits per heavy atom. The maximum absolute atomic E-state index is 12.9. The van der Waals surface area contributed by atoms with Crippen molar-refractivity contribution in [3.8, 4) is 5.69 Å². The maximum atomic E-state index is 12.9. The van der Waals surface area contributed by atoms with Crippen molar-refractivity contribution in [1.82, 2.24) is 36.0 Å². The number of aliphatic hydroxyl groups is 1. The second-order valence-corrected chi connectivity index (χ2v) is 7.42. The van der Waals surface area contributed by atoms with Crippen molar-refractivity contribution in [2.45, 2.75) is 25.1 Å². The number of aromatic nitrogens is 4. The molecule has 1 aliphatic rings. The Hall–Kier alpha value is -3.34. The number of carbonyl (C=O) groups excluding carboxylic acids is 2. The SMILES string of the molecule is O=C(NCc1cc(Cl)ccc1-n1cnnn1)C1CCNN1C(=O)[C@H](O)c1ccccc1. The molecule has 0 aliphatic carbocycles. The van der Waals surface area contributed by atoms with Crippen LogP contribution in [0.3, 0.4) is 0 Å². The number of rotatable bonds is 6. The first-order valence-corrected chi connectivity index (χ1v) is 10.0. The van der Waals surface area contributed by atoms with Gasteiger partial charge in [-0.2, -0.15) is 0 Å². The van der Waals surface area contributed by atoms with Crippen molar-refractivity contribution >= 4 is 23.4 Å². The van der Waals surface area contributed by atoms with E-state index in [0.29, 0.717) is 34.8 Å². The number of tetrazole rings is 1. The lowest BCUT2D eigenvalue weighted by Gasteiger charge is -2.26. The van der Waals surface area contributed by atoms with E-state index in [1.165, 1.54) is 16.0 Å². The Morgan fingerprint density at radius 1 is 1.26 bits per heavy atom. The Morgan fingerprint density at radius 3 is 2.81 bits per heavy atom. The molecule has 2 aromatic carbocycles. The molecule has 1 aliphatic heterocycles. The smallest absolute Gasteiger partial charge is 0.270 e. The van der Waals surface area contributed by atoms with Crippen LogP contribution in [0.4, 0.5) is 0 Å². The summed E-state index contributed by atoms with van der Waals surface area (Å²) in [5.41, 5.74) is 4.74. The summed E-state index contributed by atoms with van der Waals surface area (Å²) in [4.78, 5) is 25.6. The third-order valence-electron chi connectivity index (χ3n) is 4.99. The second-order valence-electron chi connectivity index (χ2n) is 6.98. The van der Waals surface area contributed by atoms with Crippen LogP contribution in [-0.2, 0) is 16.1 Å². The monoisotopic (exact) mass is 441 g/mol. The molecule has 160 valence electrons. The average molecular weight is 442 g/mol. The second kappa shape index (κ2) is 9.21. The summed E-state index contributed by atoms with van der Waals surface area (Å²) in [5, 5.41) is 26.1. The number of hydrogen-bond acceptors (Lipinski definition) is 7. The lowest BCUT2D eigenvalue weighted by atomic mass is 10.1. The van der Waals surface area contributed by atoms with Crippen LogP contribution >= 0.6 is 11.6 Å². The van der Waals surface area contributed by atoms with Gasteiger partial charge in [0.2, 0.25) is 5.91 Å². The number of benzene rings is 2. The van der Waals surface area contributed by atoms with E-state index in [9.17, 15) is 14.7 Å². The molecule has 3 aromatic rings. The van der Waals surface area contributed by atoms with Gasteiger partial charge in [-0.05, 0) is 46.2 Å². The minimum atomic E-state index is -1.36. The number of carbonyl (C=O) groups is 2. The summed E-state index contributed by atoms with van der Waals surface area (Å²) >= 11 is 6.11. The van der Waals surface area contributed by atoms with Crippen molar-refractivity contribution < 1.29 is 14.7 Å². The maximum Gasteiger partial charge on any atom is 0.270 e. The Balaban J connectivity index is 1.45. The van der Waals surface area contributed by atoms with Crippen LogP contribution in [0.2, 0.25) is 5.02 Å². The van der Waals surface area contributed by atoms with Gasteiger partial charge in [0.15, 0.2) is 6.10 Å². The van der Waals surface area contributed by atoms with E-state index < -0.39 is 18.1 Å². The van der Waals surface area contributed by atoms with E-state index in [4.69, 9.17) is 11.6 Å². The van der Waals surface area contributed by atoms with Gasteiger partial charge in [-0.1, -0.05) is 41.9 Å². The zero-order chi connectivity index (χ0) is 21.8. The predicted molar refractivity (Wildman–Crippen MR) is 111 cm³/mol. The molecule has 2 heterocycles. The zero-order valence-corrected chi connectivity index (χ0v) is 17.1. The van der Waals surface area contributed by atoms with Gasteiger partial charge in [0, 0.05) is 18.1 Å². The summed E-state index contributed by atoms with van der Waals surface area (Å²) in [7, 11) is 0. The van der Waals surface area contributed by atoms with Crippen molar-refractivity contribution in [1.29, 1.82) is 0 Å². The first kappa shape index (κ1) is 20.9. The normalized spacial score (nSPS) is 16.8. The first-order valence-electron chi connectivity index (χ1n) is 9.63. The molecule has 0 radical (unpaired) electrons. The van der Waals surface area contributed by atoms with Crippen LogP contribution in [0.1, 0.15) is 23.7 Å². The van der Waals surface area contributed by atoms with Gasteiger partial charge in [0.05, 0.1) is 5.69 Å². The molecular formula is C20H20ClN7O3. The number of amides is 2. The number of hydrogen-bond donors (Lipinski definition) is 3. The zero-order valence-electron chi connectivity index (χ0n) is 16.3. The molecule has 1 aromatic heterocycles. The molecule has 0 bridgehead atoms. The third-order valence-corrected chi connectivity index (χ3v) is 5.23. The number of nitrogens with zero attached hydrogens (tertiary/aromatic N) is 5. The number of hydrazine groups is 1. The van der Waals surface area contributed by atoms with E-state index in [1.54, 1.807) is 48.5 Å². The molecule has 2 amide bonds.